The molecule has 1 fully saturated rings. The fraction of sp³-hybridized carbons (Fsp3) is 0.636. The van der Waals surface area contributed by atoms with E-state index in [-0.39, 0.29) is 11.9 Å². The molecule has 1 unspecified atom stereocenters. The molecule has 0 saturated carbocycles. The molecule has 0 bridgehead atoms. The Morgan fingerprint density at radius 2 is 2.00 bits per heavy atom. The third-order valence-corrected chi connectivity index (χ3v) is 5.70. The molecule has 2 aliphatic rings. The van der Waals surface area contributed by atoms with E-state index in [1.165, 1.54) is 30.4 Å². The molecule has 1 atom stereocenters. The Kier molecular flexibility index (Phi) is 7.13. The van der Waals surface area contributed by atoms with Crippen molar-refractivity contribution < 1.29 is 9.53 Å². The highest BCUT2D eigenvalue weighted by Gasteiger charge is 2.27. The van der Waals surface area contributed by atoms with Gasteiger partial charge in [0.2, 0.25) is 0 Å². The first-order valence-electron chi connectivity index (χ1n) is 10.5. The number of ether oxygens (including phenoxy) is 1. The summed E-state index contributed by atoms with van der Waals surface area (Å²) < 4.78 is 5.18. The van der Waals surface area contributed by atoms with Crippen molar-refractivity contribution >= 4 is 11.9 Å². The van der Waals surface area contributed by atoms with Crippen molar-refractivity contribution in [3.05, 3.63) is 35.4 Å². The van der Waals surface area contributed by atoms with Crippen LogP contribution < -0.4 is 5.32 Å². The van der Waals surface area contributed by atoms with Crippen molar-refractivity contribution in [2.24, 2.45) is 10.9 Å². The number of guanidine groups is 1. The number of piperidine rings is 1. The maximum atomic E-state index is 12.0. The van der Waals surface area contributed by atoms with Gasteiger partial charge in [0.25, 0.3) is 0 Å². The second-order valence-electron chi connectivity index (χ2n) is 7.50. The number of hydrogen-bond donors (Lipinski definition) is 1. The van der Waals surface area contributed by atoms with Crippen LogP contribution in [0.25, 0.3) is 0 Å². The lowest BCUT2D eigenvalue weighted by molar-refractivity contribution is -0.149. The van der Waals surface area contributed by atoms with Crippen LogP contribution in [0.2, 0.25) is 0 Å². The number of aliphatic imine (C=N–C) groups is 1. The number of benzene rings is 1. The van der Waals surface area contributed by atoms with Crippen LogP contribution in [0.1, 0.15) is 56.6 Å². The van der Waals surface area contributed by atoms with Crippen LogP contribution in [0.4, 0.5) is 0 Å². The van der Waals surface area contributed by atoms with Gasteiger partial charge in [0.05, 0.1) is 12.5 Å². The number of carbonyl (C=O) groups excluding carboxylic acids is 1. The molecule has 0 spiro atoms. The molecule has 148 valence electrons. The average Bonchev–Trinajstić information content (AvgIpc) is 2.71. The normalized spacial score (nSPS) is 20.9. The Labute approximate surface area is 163 Å². The van der Waals surface area contributed by atoms with Crippen molar-refractivity contribution in [3.63, 3.8) is 0 Å². The summed E-state index contributed by atoms with van der Waals surface area (Å²) in [5, 5.41) is 3.44. The molecule has 1 aliphatic heterocycles. The topological polar surface area (TPSA) is 53.9 Å². The van der Waals surface area contributed by atoms with E-state index in [2.05, 4.69) is 41.4 Å². The van der Waals surface area contributed by atoms with Crippen LogP contribution >= 0.6 is 0 Å². The van der Waals surface area contributed by atoms with Gasteiger partial charge in [-0.05, 0) is 57.1 Å². The van der Waals surface area contributed by atoms with Gasteiger partial charge in [-0.25, -0.2) is 0 Å². The third kappa shape index (κ3) is 5.02. The predicted molar refractivity (Wildman–Crippen MR) is 109 cm³/mol. The highest BCUT2D eigenvalue weighted by Crippen LogP contribution is 2.31. The Hall–Kier alpha value is -2.04. The lowest BCUT2D eigenvalue weighted by atomic mass is 9.83. The monoisotopic (exact) mass is 371 g/mol. The molecule has 1 heterocycles. The van der Waals surface area contributed by atoms with E-state index >= 15 is 0 Å². The fourth-order valence-electron chi connectivity index (χ4n) is 4.25. The van der Waals surface area contributed by atoms with E-state index < -0.39 is 0 Å². The summed E-state index contributed by atoms with van der Waals surface area (Å²) in [7, 11) is 0. The van der Waals surface area contributed by atoms with E-state index in [9.17, 15) is 4.79 Å². The molecule has 0 amide bonds. The highest BCUT2D eigenvalue weighted by molar-refractivity contribution is 5.80. The Morgan fingerprint density at radius 3 is 2.74 bits per heavy atom. The van der Waals surface area contributed by atoms with Gasteiger partial charge in [-0.1, -0.05) is 24.3 Å². The second-order valence-corrected chi connectivity index (χ2v) is 7.50. The van der Waals surface area contributed by atoms with Gasteiger partial charge < -0.3 is 15.0 Å². The summed E-state index contributed by atoms with van der Waals surface area (Å²) in [6, 6.07) is 8.82. The van der Waals surface area contributed by atoms with Crippen molar-refractivity contribution in [2.45, 2.75) is 51.9 Å². The number of carbonyl (C=O) groups is 1. The van der Waals surface area contributed by atoms with Crippen LogP contribution in [0, 0.1) is 5.92 Å². The third-order valence-electron chi connectivity index (χ3n) is 5.70. The molecule has 0 radical (unpaired) electrons. The van der Waals surface area contributed by atoms with E-state index in [0.29, 0.717) is 12.5 Å². The smallest absolute Gasteiger partial charge is 0.309 e. The second kappa shape index (κ2) is 9.77. The molecular formula is C22H33N3O2. The van der Waals surface area contributed by atoms with Crippen LogP contribution in [-0.2, 0) is 16.0 Å². The SMILES string of the molecule is CCNC(=NCC1CCCc2ccccc21)N1CCC(C(=O)OCC)CC1. The fourth-order valence-corrected chi connectivity index (χ4v) is 4.25. The minimum absolute atomic E-state index is 0.0364. The van der Waals surface area contributed by atoms with Crippen LogP contribution in [0.5, 0.6) is 0 Å². The average molecular weight is 372 g/mol. The molecule has 1 aromatic carbocycles. The van der Waals surface area contributed by atoms with E-state index in [4.69, 9.17) is 9.73 Å². The van der Waals surface area contributed by atoms with E-state index in [1.807, 2.05) is 6.92 Å². The largest absolute Gasteiger partial charge is 0.466 e. The molecule has 1 aromatic rings. The number of aryl methyl sites for hydroxylation is 1. The summed E-state index contributed by atoms with van der Waals surface area (Å²) in [6.45, 7) is 7.84. The minimum Gasteiger partial charge on any atom is -0.466 e. The zero-order valence-corrected chi connectivity index (χ0v) is 16.7. The Bertz CT molecular complexity index is 651. The number of likely N-dealkylation sites (tertiary alicyclic amines) is 1. The number of esters is 1. The molecule has 1 N–H and O–H groups in total. The number of nitrogens with zero attached hydrogens (tertiary/aromatic N) is 2. The zero-order chi connectivity index (χ0) is 19.1. The molecule has 1 aliphatic carbocycles. The summed E-state index contributed by atoms with van der Waals surface area (Å²) >= 11 is 0. The van der Waals surface area contributed by atoms with Gasteiger partial charge in [0, 0.05) is 32.1 Å². The summed E-state index contributed by atoms with van der Waals surface area (Å²) in [6.07, 6.45) is 5.34. The molecule has 3 rings (SSSR count). The highest BCUT2D eigenvalue weighted by atomic mass is 16.5. The summed E-state index contributed by atoms with van der Waals surface area (Å²) in [5.74, 6) is 1.50. The van der Waals surface area contributed by atoms with Crippen molar-refractivity contribution in [2.75, 3.05) is 32.8 Å². The van der Waals surface area contributed by atoms with Crippen LogP contribution in [-0.4, -0.2) is 49.6 Å². The number of fused-ring (bicyclic) bond motifs is 1. The molecular weight excluding hydrogens is 338 g/mol. The van der Waals surface area contributed by atoms with Crippen LogP contribution in [0.15, 0.2) is 29.3 Å². The van der Waals surface area contributed by atoms with Gasteiger partial charge in [-0.3, -0.25) is 9.79 Å². The van der Waals surface area contributed by atoms with Crippen molar-refractivity contribution in [1.82, 2.24) is 10.2 Å². The van der Waals surface area contributed by atoms with Gasteiger partial charge in [-0.2, -0.15) is 0 Å². The Morgan fingerprint density at radius 1 is 1.22 bits per heavy atom. The number of nitrogens with one attached hydrogen (secondary N) is 1. The maximum Gasteiger partial charge on any atom is 0.309 e. The van der Waals surface area contributed by atoms with Crippen LogP contribution in [0.3, 0.4) is 0 Å². The summed E-state index contributed by atoms with van der Waals surface area (Å²) in [4.78, 5) is 19.2. The first kappa shape index (κ1) is 19.7. The van der Waals surface area contributed by atoms with E-state index in [0.717, 1.165) is 45.0 Å². The molecule has 0 aromatic heterocycles. The Balaban J connectivity index is 1.62. The zero-order valence-electron chi connectivity index (χ0n) is 16.7. The molecule has 5 heteroatoms. The standard InChI is InChI=1S/C22H33N3O2/c1-3-23-22(25-14-12-18(13-15-25)21(26)27-4-2)24-16-19-10-7-9-17-8-5-6-11-20(17)19/h5-6,8,11,18-19H,3-4,7,9-10,12-16H2,1-2H3,(H,23,24). The van der Waals surface area contributed by atoms with Gasteiger partial charge >= 0.3 is 5.97 Å². The first-order chi connectivity index (χ1) is 13.2. The quantitative estimate of drug-likeness (QED) is 0.490. The summed E-state index contributed by atoms with van der Waals surface area (Å²) in [5.41, 5.74) is 2.97. The van der Waals surface area contributed by atoms with Gasteiger partial charge in [0.15, 0.2) is 5.96 Å². The van der Waals surface area contributed by atoms with Gasteiger partial charge in [0.1, 0.15) is 0 Å². The van der Waals surface area contributed by atoms with Crippen molar-refractivity contribution in [3.8, 4) is 0 Å². The van der Waals surface area contributed by atoms with Gasteiger partial charge in [-0.15, -0.1) is 0 Å². The lowest BCUT2D eigenvalue weighted by Crippen LogP contribution is -2.47. The lowest BCUT2D eigenvalue weighted by Gasteiger charge is -2.33. The van der Waals surface area contributed by atoms with E-state index in [1.54, 1.807) is 0 Å². The molecule has 1 saturated heterocycles. The predicted octanol–water partition coefficient (Wildman–Crippen LogP) is 3.35. The van der Waals surface area contributed by atoms with Crippen molar-refractivity contribution in [1.29, 1.82) is 0 Å². The number of rotatable bonds is 5. The first-order valence-corrected chi connectivity index (χ1v) is 10.5. The maximum absolute atomic E-state index is 12.0. The molecule has 5 nitrogen and oxygen atoms in total. The minimum atomic E-state index is -0.0436. The number of hydrogen-bond acceptors (Lipinski definition) is 3. The molecule has 27 heavy (non-hydrogen) atoms.